The third kappa shape index (κ3) is 3.84. The van der Waals surface area contributed by atoms with Gasteiger partial charge in [-0.1, -0.05) is 12.1 Å². The monoisotopic (exact) mass is 317 g/mol. The van der Waals surface area contributed by atoms with Crippen molar-refractivity contribution in [1.82, 2.24) is 4.98 Å². The first-order valence-electron chi connectivity index (χ1n) is 7.34. The summed E-state index contributed by atoms with van der Waals surface area (Å²) in [7, 11) is 0. The van der Waals surface area contributed by atoms with Crippen LogP contribution in [-0.4, -0.2) is 37.2 Å². The molecule has 6 heteroatoms. The van der Waals surface area contributed by atoms with Gasteiger partial charge in [0.25, 0.3) is 0 Å². The topological polar surface area (TPSA) is 54.5 Å². The molecule has 1 aromatic heterocycles. The highest BCUT2D eigenvalue weighted by Gasteiger charge is 2.11. The zero-order valence-corrected chi connectivity index (χ0v) is 13.4. The van der Waals surface area contributed by atoms with Gasteiger partial charge in [0.15, 0.2) is 5.13 Å². The Balaban J connectivity index is 1.57. The van der Waals surface area contributed by atoms with E-state index in [2.05, 4.69) is 27.3 Å². The van der Waals surface area contributed by atoms with E-state index in [4.69, 9.17) is 4.74 Å². The maximum atomic E-state index is 12.0. The van der Waals surface area contributed by atoms with Crippen LogP contribution in [0.1, 0.15) is 11.3 Å². The first kappa shape index (κ1) is 15.0. The lowest BCUT2D eigenvalue weighted by molar-refractivity contribution is -0.115. The minimum absolute atomic E-state index is 0.0338. The molecule has 0 aliphatic carbocycles. The van der Waals surface area contributed by atoms with E-state index in [1.165, 1.54) is 17.0 Å². The number of aryl methyl sites for hydroxylation is 1. The third-order valence-electron chi connectivity index (χ3n) is 3.54. The summed E-state index contributed by atoms with van der Waals surface area (Å²) in [6.45, 7) is 5.30. The van der Waals surface area contributed by atoms with Gasteiger partial charge in [0.2, 0.25) is 5.91 Å². The second-order valence-corrected chi connectivity index (χ2v) is 6.14. The molecular weight excluding hydrogens is 298 g/mol. The zero-order chi connectivity index (χ0) is 15.4. The summed E-state index contributed by atoms with van der Waals surface area (Å²) in [6, 6.07) is 8.16. The Bertz CT molecular complexity index is 633. The number of rotatable bonds is 4. The predicted molar refractivity (Wildman–Crippen MR) is 88.7 cm³/mol. The summed E-state index contributed by atoms with van der Waals surface area (Å²) in [5, 5.41) is 5.41. The molecule has 0 bridgehead atoms. The van der Waals surface area contributed by atoms with Crippen molar-refractivity contribution in [3.8, 4) is 0 Å². The van der Waals surface area contributed by atoms with Gasteiger partial charge < -0.3 is 15.0 Å². The van der Waals surface area contributed by atoms with Crippen LogP contribution in [0.2, 0.25) is 0 Å². The number of anilines is 2. The van der Waals surface area contributed by atoms with Crippen LogP contribution < -0.4 is 10.2 Å². The van der Waals surface area contributed by atoms with Gasteiger partial charge in [-0.2, -0.15) is 0 Å². The van der Waals surface area contributed by atoms with E-state index in [1.807, 2.05) is 24.4 Å². The number of amides is 1. The number of hydrogen-bond acceptors (Lipinski definition) is 5. The van der Waals surface area contributed by atoms with Gasteiger partial charge in [0.1, 0.15) is 0 Å². The molecule has 3 rings (SSSR count). The Labute approximate surface area is 133 Å². The van der Waals surface area contributed by atoms with Crippen LogP contribution in [0.25, 0.3) is 0 Å². The molecule has 0 spiro atoms. The average Bonchev–Trinajstić information content (AvgIpc) is 2.94. The lowest BCUT2D eigenvalue weighted by Crippen LogP contribution is -2.36. The van der Waals surface area contributed by atoms with E-state index in [9.17, 15) is 4.79 Å². The fourth-order valence-corrected chi connectivity index (χ4v) is 3.11. The van der Waals surface area contributed by atoms with Gasteiger partial charge in [-0.05, 0) is 24.6 Å². The Morgan fingerprint density at radius 2 is 2.05 bits per heavy atom. The molecule has 2 heterocycles. The normalized spacial score (nSPS) is 14.9. The van der Waals surface area contributed by atoms with Crippen molar-refractivity contribution >= 4 is 28.1 Å². The second kappa shape index (κ2) is 6.89. The summed E-state index contributed by atoms with van der Waals surface area (Å²) >= 11 is 1.45. The molecule has 0 radical (unpaired) electrons. The van der Waals surface area contributed by atoms with Crippen molar-refractivity contribution in [3.05, 3.63) is 40.9 Å². The fraction of sp³-hybridized carbons (Fsp3) is 0.375. The van der Waals surface area contributed by atoms with E-state index in [0.717, 1.165) is 37.6 Å². The SMILES string of the molecule is Cc1csc(NC(=O)Cc2ccc(N3CCOCC3)cc2)n1. The number of benzene rings is 1. The van der Waals surface area contributed by atoms with Gasteiger partial charge in [0.05, 0.1) is 25.3 Å². The first-order valence-corrected chi connectivity index (χ1v) is 8.22. The molecule has 2 aromatic rings. The highest BCUT2D eigenvalue weighted by molar-refractivity contribution is 7.13. The Hall–Kier alpha value is -1.92. The number of ether oxygens (including phenoxy) is 1. The van der Waals surface area contributed by atoms with Gasteiger partial charge in [-0.15, -0.1) is 11.3 Å². The summed E-state index contributed by atoms with van der Waals surface area (Å²) in [6.07, 6.45) is 0.363. The maximum Gasteiger partial charge on any atom is 0.230 e. The van der Waals surface area contributed by atoms with Crippen molar-refractivity contribution in [3.63, 3.8) is 0 Å². The number of morpholine rings is 1. The number of thiazole rings is 1. The van der Waals surface area contributed by atoms with Crippen molar-refractivity contribution in [1.29, 1.82) is 0 Å². The zero-order valence-electron chi connectivity index (χ0n) is 12.5. The number of nitrogens with one attached hydrogen (secondary N) is 1. The van der Waals surface area contributed by atoms with Crippen LogP contribution in [0.4, 0.5) is 10.8 Å². The van der Waals surface area contributed by atoms with E-state index >= 15 is 0 Å². The van der Waals surface area contributed by atoms with Gasteiger partial charge in [-0.3, -0.25) is 4.79 Å². The molecule has 1 aromatic carbocycles. The van der Waals surface area contributed by atoms with Gasteiger partial charge >= 0.3 is 0 Å². The molecular formula is C16H19N3O2S. The van der Waals surface area contributed by atoms with Crippen LogP contribution in [-0.2, 0) is 16.0 Å². The third-order valence-corrected chi connectivity index (χ3v) is 4.42. The standard InChI is InChI=1S/C16H19N3O2S/c1-12-11-22-16(17-12)18-15(20)10-13-2-4-14(5-3-13)19-6-8-21-9-7-19/h2-5,11H,6-10H2,1H3,(H,17,18,20). The van der Waals surface area contributed by atoms with Crippen LogP contribution in [0.15, 0.2) is 29.6 Å². The Morgan fingerprint density at radius 3 is 2.68 bits per heavy atom. The van der Waals surface area contributed by atoms with E-state index in [-0.39, 0.29) is 5.91 Å². The second-order valence-electron chi connectivity index (χ2n) is 5.28. The smallest absolute Gasteiger partial charge is 0.230 e. The van der Waals surface area contributed by atoms with Crippen molar-refractivity contribution < 1.29 is 9.53 Å². The molecule has 0 unspecified atom stereocenters. The van der Waals surface area contributed by atoms with Crippen LogP contribution in [0.3, 0.4) is 0 Å². The number of carbonyl (C=O) groups is 1. The van der Waals surface area contributed by atoms with E-state index in [0.29, 0.717) is 11.6 Å². The van der Waals surface area contributed by atoms with Crippen LogP contribution >= 0.6 is 11.3 Å². The molecule has 1 aliphatic heterocycles. The summed E-state index contributed by atoms with van der Waals surface area (Å²) in [5.41, 5.74) is 3.11. The molecule has 116 valence electrons. The highest BCUT2D eigenvalue weighted by Crippen LogP contribution is 2.18. The summed E-state index contributed by atoms with van der Waals surface area (Å²) in [5.74, 6) is -0.0338. The fourth-order valence-electron chi connectivity index (χ4n) is 2.41. The molecule has 22 heavy (non-hydrogen) atoms. The lowest BCUT2D eigenvalue weighted by atomic mass is 10.1. The molecule has 5 nitrogen and oxygen atoms in total. The molecule has 1 saturated heterocycles. The Morgan fingerprint density at radius 1 is 1.32 bits per heavy atom. The van der Waals surface area contributed by atoms with Crippen LogP contribution in [0, 0.1) is 6.92 Å². The van der Waals surface area contributed by atoms with E-state index in [1.54, 1.807) is 0 Å². The molecule has 1 amide bonds. The van der Waals surface area contributed by atoms with Crippen LogP contribution in [0.5, 0.6) is 0 Å². The minimum atomic E-state index is -0.0338. The molecule has 1 fully saturated rings. The number of aromatic nitrogens is 1. The highest BCUT2D eigenvalue weighted by atomic mass is 32.1. The quantitative estimate of drug-likeness (QED) is 0.941. The first-order chi connectivity index (χ1) is 10.7. The van der Waals surface area contributed by atoms with Crippen molar-refractivity contribution in [2.45, 2.75) is 13.3 Å². The summed E-state index contributed by atoms with van der Waals surface area (Å²) in [4.78, 5) is 18.5. The number of hydrogen-bond donors (Lipinski definition) is 1. The largest absolute Gasteiger partial charge is 0.378 e. The molecule has 0 saturated carbocycles. The number of carbonyl (C=O) groups excluding carboxylic acids is 1. The minimum Gasteiger partial charge on any atom is -0.378 e. The molecule has 1 aliphatic rings. The average molecular weight is 317 g/mol. The van der Waals surface area contributed by atoms with Gasteiger partial charge in [-0.25, -0.2) is 4.98 Å². The lowest BCUT2D eigenvalue weighted by Gasteiger charge is -2.28. The number of nitrogens with zero attached hydrogens (tertiary/aromatic N) is 2. The maximum absolute atomic E-state index is 12.0. The van der Waals surface area contributed by atoms with Gasteiger partial charge in [0, 0.05) is 24.2 Å². The Kier molecular flexibility index (Phi) is 4.70. The summed E-state index contributed by atoms with van der Waals surface area (Å²) < 4.78 is 5.36. The van der Waals surface area contributed by atoms with Crippen molar-refractivity contribution in [2.75, 3.05) is 36.5 Å². The van der Waals surface area contributed by atoms with Crippen molar-refractivity contribution in [2.24, 2.45) is 0 Å². The molecule has 0 atom stereocenters. The molecule has 1 N–H and O–H groups in total. The van der Waals surface area contributed by atoms with E-state index < -0.39 is 0 Å². The predicted octanol–water partition coefficient (Wildman–Crippen LogP) is 2.47.